The molecule has 0 radical (unpaired) electrons. The highest BCUT2D eigenvalue weighted by Crippen LogP contribution is 2.30. The number of hydrogen-bond donors (Lipinski definition) is 1. The van der Waals surface area contributed by atoms with Crippen LogP contribution in [0.4, 0.5) is 0 Å². The van der Waals surface area contributed by atoms with Crippen LogP contribution in [-0.2, 0) is 0 Å². The third-order valence-electron chi connectivity index (χ3n) is 3.90. The van der Waals surface area contributed by atoms with Gasteiger partial charge in [0.25, 0.3) is 5.56 Å². The zero-order chi connectivity index (χ0) is 14.3. The van der Waals surface area contributed by atoms with Crippen molar-refractivity contribution in [2.24, 2.45) is 0 Å². The average molecular weight is 289 g/mol. The number of aryl methyl sites for hydroxylation is 1. The summed E-state index contributed by atoms with van der Waals surface area (Å²) in [6, 6.07) is 5.55. The normalized spacial score (nSPS) is 16.4. The van der Waals surface area contributed by atoms with Gasteiger partial charge in [-0.15, -0.1) is 0 Å². The summed E-state index contributed by atoms with van der Waals surface area (Å²) in [6.07, 6.45) is 3.25. The largest absolute Gasteiger partial charge is 0.325 e. The van der Waals surface area contributed by atoms with Gasteiger partial charge in [0, 0.05) is 34.8 Å². The Morgan fingerprint density at radius 3 is 2.80 bits per heavy atom. The van der Waals surface area contributed by atoms with Crippen molar-refractivity contribution in [1.82, 2.24) is 9.88 Å². The molecule has 3 nitrogen and oxygen atoms in total. The van der Waals surface area contributed by atoms with Gasteiger partial charge in [0.15, 0.2) is 0 Å². The maximum absolute atomic E-state index is 12.1. The Bertz CT molecular complexity index is 761. The molecule has 4 heteroatoms. The van der Waals surface area contributed by atoms with Crippen molar-refractivity contribution in [1.29, 1.82) is 0 Å². The number of pyridine rings is 1. The molecule has 0 saturated heterocycles. The summed E-state index contributed by atoms with van der Waals surface area (Å²) in [5, 5.41) is 2.25. The number of aromatic amines is 1. The van der Waals surface area contributed by atoms with Crippen LogP contribution in [0.1, 0.15) is 17.7 Å². The topological polar surface area (TPSA) is 36.1 Å². The molecule has 2 heterocycles. The number of likely N-dealkylation sites (N-methyl/N-ethyl adjacent to an activating group) is 1. The summed E-state index contributed by atoms with van der Waals surface area (Å²) < 4.78 is 0. The Morgan fingerprint density at radius 2 is 2.10 bits per heavy atom. The number of nitrogens with zero attached hydrogens (tertiary/aromatic N) is 1. The molecule has 0 spiro atoms. The number of hydrogen-bond acceptors (Lipinski definition) is 2. The van der Waals surface area contributed by atoms with E-state index in [0.717, 1.165) is 36.2 Å². The molecule has 104 valence electrons. The van der Waals surface area contributed by atoms with Crippen molar-refractivity contribution in [2.45, 2.75) is 13.3 Å². The van der Waals surface area contributed by atoms with Crippen LogP contribution in [-0.4, -0.2) is 30.0 Å². The van der Waals surface area contributed by atoms with E-state index in [9.17, 15) is 4.79 Å². The third kappa shape index (κ3) is 2.28. The van der Waals surface area contributed by atoms with Crippen molar-refractivity contribution in [3.05, 3.63) is 50.9 Å². The van der Waals surface area contributed by atoms with Gasteiger partial charge in [0.1, 0.15) is 0 Å². The van der Waals surface area contributed by atoms with Gasteiger partial charge in [-0.25, -0.2) is 0 Å². The van der Waals surface area contributed by atoms with E-state index < -0.39 is 0 Å². The highest BCUT2D eigenvalue weighted by molar-refractivity contribution is 6.31. The number of benzene rings is 1. The molecule has 1 aliphatic rings. The highest BCUT2D eigenvalue weighted by atomic mass is 35.5. The summed E-state index contributed by atoms with van der Waals surface area (Å²) in [4.78, 5) is 17.3. The molecule has 0 fully saturated rings. The van der Waals surface area contributed by atoms with Gasteiger partial charge in [-0.3, -0.25) is 4.79 Å². The molecule has 20 heavy (non-hydrogen) atoms. The lowest BCUT2D eigenvalue weighted by atomic mass is 9.93. The van der Waals surface area contributed by atoms with Crippen LogP contribution in [0.3, 0.4) is 0 Å². The smallest absolute Gasteiger partial charge is 0.256 e. The minimum absolute atomic E-state index is 0.0720. The molecule has 0 saturated carbocycles. The quantitative estimate of drug-likeness (QED) is 0.875. The number of aromatic nitrogens is 1. The van der Waals surface area contributed by atoms with Crippen LogP contribution in [0.2, 0.25) is 5.02 Å². The first kappa shape index (κ1) is 13.4. The molecule has 1 aliphatic heterocycles. The third-order valence-corrected chi connectivity index (χ3v) is 4.14. The zero-order valence-corrected chi connectivity index (χ0v) is 12.4. The summed E-state index contributed by atoms with van der Waals surface area (Å²) in [5.41, 5.74) is 3.33. The molecule has 1 N–H and O–H groups in total. The molecule has 0 atom stereocenters. The Kier molecular flexibility index (Phi) is 3.40. The van der Waals surface area contributed by atoms with E-state index in [-0.39, 0.29) is 5.56 Å². The monoisotopic (exact) mass is 288 g/mol. The number of nitrogens with one attached hydrogen (secondary N) is 1. The standard InChI is InChI=1S/C16H17ClN2O/c1-10-15(11-5-7-19(2)8-6-11)13-4-3-12(17)9-14(13)16(20)18-10/h3-5,9H,6-8H2,1-2H3,(H,18,20). The first-order valence-electron chi connectivity index (χ1n) is 6.76. The van der Waals surface area contributed by atoms with Gasteiger partial charge in [-0.1, -0.05) is 23.7 Å². The molecule has 3 rings (SSSR count). The van der Waals surface area contributed by atoms with Crippen LogP contribution >= 0.6 is 11.6 Å². The number of rotatable bonds is 1. The van der Waals surface area contributed by atoms with Crippen molar-refractivity contribution < 1.29 is 0 Å². The number of fused-ring (bicyclic) bond motifs is 1. The molecule has 0 amide bonds. The second-order valence-electron chi connectivity index (χ2n) is 5.39. The highest BCUT2D eigenvalue weighted by Gasteiger charge is 2.16. The number of halogens is 1. The summed E-state index contributed by atoms with van der Waals surface area (Å²) in [7, 11) is 2.12. The molecule has 0 aliphatic carbocycles. The predicted molar refractivity (Wildman–Crippen MR) is 84.4 cm³/mol. The fraction of sp³-hybridized carbons (Fsp3) is 0.312. The Hall–Kier alpha value is -1.58. The molecule has 2 aromatic rings. The van der Waals surface area contributed by atoms with Crippen LogP contribution in [0.5, 0.6) is 0 Å². The van der Waals surface area contributed by atoms with E-state index in [4.69, 9.17) is 11.6 Å². The molecule has 0 unspecified atom stereocenters. The lowest BCUT2D eigenvalue weighted by molar-refractivity contribution is 0.370. The van der Waals surface area contributed by atoms with Crippen molar-refractivity contribution in [3.63, 3.8) is 0 Å². The summed E-state index contributed by atoms with van der Waals surface area (Å²) >= 11 is 6.01. The van der Waals surface area contributed by atoms with Crippen molar-refractivity contribution in [3.8, 4) is 0 Å². The minimum atomic E-state index is -0.0720. The second kappa shape index (κ2) is 5.08. The first-order chi connectivity index (χ1) is 9.56. The van der Waals surface area contributed by atoms with E-state index >= 15 is 0 Å². The Morgan fingerprint density at radius 1 is 1.30 bits per heavy atom. The summed E-state index contributed by atoms with van der Waals surface area (Å²) in [5.74, 6) is 0. The molecular formula is C16H17ClN2O. The van der Waals surface area contributed by atoms with E-state index in [1.54, 1.807) is 6.07 Å². The van der Waals surface area contributed by atoms with E-state index in [0.29, 0.717) is 10.4 Å². The Balaban J connectivity index is 2.28. The first-order valence-corrected chi connectivity index (χ1v) is 7.14. The average Bonchev–Trinajstić information content (AvgIpc) is 2.41. The lowest BCUT2D eigenvalue weighted by Crippen LogP contribution is -2.24. The van der Waals surface area contributed by atoms with Crippen LogP contribution in [0.15, 0.2) is 29.1 Å². The summed E-state index contributed by atoms with van der Waals surface area (Å²) in [6.45, 7) is 3.95. The van der Waals surface area contributed by atoms with Gasteiger partial charge in [0.05, 0.1) is 0 Å². The Labute approximate surface area is 122 Å². The second-order valence-corrected chi connectivity index (χ2v) is 5.82. The van der Waals surface area contributed by atoms with Gasteiger partial charge in [0.2, 0.25) is 0 Å². The molecule has 1 aromatic carbocycles. The maximum atomic E-state index is 12.1. The van der Waals surface area contributed by atoms with Crippen molar-refractivity contribution >= 4 is 27.9 Å². The zero-order valence-electron chi connectivity index (χ0n) is 11.7. The van der Waals surface area contributed by atoms with Gasteiger partial charge in [-0.05, 0) is 43.5 Å². The van der Waals surface area contributed by atoms with Gasteiger partial charge in [-0.2, -0.15) is 0 Å². The van der Waals surface area contributed by atoms with Crippen LogP contribution in [0, 0.1) is 6.92 Å². The van der Waals surface area contributed by atoms with Crippen molar-refractivity contribution in [2.75, 3.05) is 20.1 Å². The predicted octanol–water partition coefficient (Wildman–Crippen LogP) is 3.21. The van der Waals surface area contributed by atoms with Crippen LogP contribution < -0.4 is 5.56 Å². The fourth-order valence-corrected chi connectivity index (χ4v) is 3.01. The van der Waals surface area contributed by atoms with E-state index in [1.165, 1.54) is 5.57 Å². The van der Waals surface area contributed by atoms with Gasteiger partial charge >= 0.3 is 0 Å². The SMILES string of the molecule is Cc1[nH]c(=O)c2cc(Cl)ccc2c1C1=CCN(C)CC1. The van der Waals surface area contributed by atoms with Crippen LogP contribution in [0.25, 0.3) is 16.3 Å². The van der Waals surface area contributed by atoms with E-state index in [1.807, 2.05) is 19.1 Å². The maximum Gasteiger partial charge on any atom is 0.256 e. The lowest BCUT2D eigenvalue weighted by Gasteiger charge is -2.23. The number of H-pyrrole nitrogens is 1. The molecular weight excluding hydrogens is 272 g/mol. The van der Waals surface area contributed by atoms with E-state index in [2.05, 4.69) is 23.0 Å². The van der Waals surface area contributed by atoms with Gasteiger partial charge < -0.3 is 9.88 Å². The molecule has 0 bridgehead atoms. The minimum Gasteiger partial charge on any atom is -0.325 e. The molecule has 1 aromatic heterocycles. The fourth-order valence-electron chi connectivity index (χ4n) is 2.84.